The van der Waals surface area contributed by atoms with Crippen LogP contribution in [-0.4, -0.2) is 50.2 Å². The van der Waals surface area contributed by atoms with Crippen LogP contribution >= 0.6 is 11.8 Å². The molecule has 9 heteroatoms. The standard InChI is InChI=1S/C55H62N4O4S/c1-34-25-41-44(28-39(34)54(21-22-54)38-12-9-36(10-13-38)31-59-47(61)33-64-49(59)63)53(8,18-15-50(41,3)4)20-19-52(7)17-16-51(5,6)42-27-40(35(2)26-43(42)52)55(23-24-55)45-14-11-37(29-56-45)32-58-46(60)30-57-48(58)62/h9-14,16-17,25-29H,15,18-24,30-33H2,1-8H3,(H,57,62). The van der Waals surface area contributed by atoms with Crippen LogP contribution in [-0.2, 0) is 55.2 Å². The van der Waals surface area contributed by atoms with E-state index >= 15 is 0 Å². The van der Waals surface area contributed by atoms with Gasteiger partial charge in [-0.05, 0) is 143 Å². The van der Waals surface area contributed by atoms with Crippen molar-refractivity contribution in [3.63, 3.8) is 0 Å². The number of urea groups is 1. The average Bonchev–Trinajstić information content (AvgIpc) is 4.20. The van der Waals surface area contributed by atoms with Crippen molar-refractivity contribution in [2.75, 3.05) is 12.3 Å². The zero-order valence-electron chi connectivity index (χ0n) is 38.9. The molecule has 64 heavy (non-hydrogen) atoms. The Morgan fingerprint density at radius 2 is 1.27 bits per heavy atom. The number of hydrogen-bond donors (Lipinski definition) is 1. The second-order valence-electron chi connectivity index (χ2n) is 21.9. The highest BCUT2D eigenvalue weighted by atomic mass is 32.2. The smallest absolute Gasteiger partial charge is 0.324 e. The lowest BCUT2D eigenvalue weighted by atomic mass is 9.57. The van der Waals surface area contributed by atoms with Gasteiger partial charge in [-0.3, -0.25) is 29.2 Å². The molecular formula is C55H62N4O4S. The van der Waals surface area contributed by atoms with Gasteiger partial charge in [0.05, 0.1) is 31.1 Å². The topological polar surface area (TPSA) is 99.7 Å². The third-order valence-electron chi connectivity index (χ3n) is 16.6. The molecule has 8 nitrogen and oxygen atoms in total. The minimum atomic E-state index is -0.345. The molecule has 0 radical (unpaired) electrons. The molecule has 2 aliphatic heterocycles. The fourth-order valence-corrected chi connectivity index (χ4v) is 12.6. The summed E-state index contributed by atoms with van der Waals surface area (Å²) in [6.45, 7) is 19.8. The highest BCUT2D eigenvalue weighted by Crippen LogP contribution is 2.59. The van der Waals surface area contributed by atoms with Crippen molar-refractivity contribution < 1.29 is 19.2 Å². The molecule has 4 aliphatic carbocycles. The van der Waals surface area contributed by atoms with Crippen LogP contribution < -0.4 is 5.32 Å². The summed E-state index contributed by atoms with van der Waals surface area (Å²) in [6, 6.07) is 22.7. The van der Waals surface area contributed by atoms with Gasteiger partial charge in [-0.1, -0.05) is 120 Å². The Hall–Kier alpha value is -5.02. The van der Waals surface area contributed by atoms with Crippen molar-refractivity contribution in [3.8, 4) is 0 Å². The van der Waals surface area contributed by atoms with Crippen molar-refractivity contribution in [2.24, 2.45) is 0 Å². The molecule has 5 amide bonds. The van der Waals surface area contributed by atoms with E-state index in [4.69, 9.17) is 4.98 Å². The number of allylic oxidation sites excluding steroid dienone is 2. The van der Waals surface area contributed by atoms with E-state index in [0.29, 0.717) is 6.54 Å². The molecule has 2 unspecified atom stereocenters. The first-order valence-electron chi connectivity index (χ1n) is 23.4. The number of rotatable bonds is 11. The molecule has 6 aliphatic rings. The van der Waals surface area contributed by atoms with Crippen LogP contribution in [0.3, 0.4) is 0 Å². The number of pyridine rings is 1. The summed E-state index contributed by atoms with van der Waals surface area (Å²) >= 11 is 1.09. The second-order valence-corrected chi connectivity index (χ2v) is 22.9. The van der Waals surface area contributed by atoms with E-state index in [1.807, 2.05) is 12.3 Å². The maximum Gasteiger partial charge on any atom is 0.324 e. The number of benzene rings is 3. The molecule has 332 valence electrons. The predicted molar refractivity (Wildman–Crippen MR) is 254 cm³/mol. The van der Waals surface area contributed by atoms with Crippen molar-refractivity contribution in [2.45, 2.75) is 152 Å². The minimum Gasteiger partial charge on any atom is -0.329 e. The number of nitrogens with one attached hydrogen (secondary N) is 1. The SMILES string of the molecule is Cc1cc2c(cc1C1(c3ccc(CN4C(=O)CSC4=O)cc3)CC1)C(C)(CCC1(C)C=CC(C)(C)c3cc(C4(c5ccc(CN6C(=O)CNC6=O)cn5)CC4)c(C)cc31)CCC2(C)C. The molecule has 0 bridgehead atoms. The Morgan fingerprint density at radius 1 is 0.625 bits per heavy atom. The van der Waals surface area contributed by atoms with Gasteiger partial charge in [0.2, 0.25) is 11.8 Å². The van der Waals surface area contributed by atoms with Crippen molar-refractivity contribution >= 4 is 34.8 Å². The third-order valence-corrected chi connectivity index (χ3v) is 17.5. The van der Waals surface area contributed by atoms with E-state index in [1.54, 1.807) is 0 Å². The van der Waals surface area contributed by atoms with Gasteiger partial charge in [0.25, 0.3) is 5.24 Å². The van der Waals surface area contributed by atoms with Gasteiger partial charge in [0, 0.05) is 27.9 Å². The minimum absolute atomic E-state index is 0.0147. The Balaban J connectivity index is 0.928. The first-order valence-corrected chi connectivity index (χ1v) is 24.4. The van der Waals surface area contributed by atoms with E-state index in [9.17, 15) is 19.2 Å². The van der Waals surface area contributed by atoms with Gasteiger partial charge in [-0.2, -0.15) is 0 Å². The van der Waals surface area contributed by atoms with Gasteiger partial charge in [0.15, 0.2) is 0 Å². The van der Waals surface area contributed by atoms with Gasteiger partial charge in [-0.15, -0.1) is 0 Å². The highest BCUT2D eigenvalue weighted by molar-refractivity contribution is 8.14. The first kappa shape index (κ1) is 42.9. The monoisotopic (exact) mass is 874 g/mol. The molecule has 2 atom stereocenters. The van der Waals surface area contributed by atoms with Crippen LogP contribution in [0.15, 0.2) is 79.0 Å². The number of aryl methyl sites for hydroxylation is 2. The van der Waals surface area contributed by atoms with Gasteiger partial charge in [0.1, 0.15) is 0 Å². The van der Waals surface area contributed by atoms with E-state index in [0.717, 1.165) is 79.9 Å². The zero-order chi connectivity index (χ0) is 45.2. The number of fused-ring (bicyclic) bond motifs is 2. The summed E-state index contributed by atoms with van der Waals surface area (Å²) < 4.78 is 0. The number of hydrogen-bond acceptors (Lipinski definition) is 6. The normalized spacial score (nSPS) is 25.6. The molecule has 2 saturated heterocycles. The maximum atomic E-state index is 12.3. The van der Waals surface area contributed by atoms with Gasteiger partial charge in [-0.25, -0.2) is 4.79 Å². The number of amides is 5. The lowest BCUT2D eigenvalue weighted by Crippen LogP contribution is -2.39. The summed E-state index contributed by atoms with van der Waals surface area (Å²) in [5, 5.41) is 2.46. The lowest BCUT2D eigenvalue weighted by Gasteiger charge is -2.47. The quantitative estimate of drug-likeness (QED) is 0.119. The molecular weight excluding hydrogens is 813 g/mol. The van der Waals surface area contributed by atoms with Crippen molar-refractivity contribution in [1.82, 2.24) is 20.1 Å². The third kappa shape index (κ3) is 6.98. The Bertz CT molecular complexity index is 2640. The van der Waals surface area contributed by atoms with Gasteiger partial charge >= 0.3 is 6.03 Å². The number of aromatic nitrogens is 1. The van der Waals surface area contributed by atoms with E-state index in [2.05, 4.69) is 127 Å². The van der Waals surface area contributed by atoms with Crippen LogP contribution in [0.25, 0.3) is 0 Å². The summed E-state index contributed by atoms with van der Waals surface area (Å²) in [7, 11) is 0. The number of nitrogens with zero attached hydrogens (tertiary/aromatic N) is 3. The fourth-order valence-electron chi connectivity index (χ4n) is 11.8. The maximum absolute atomic E-state index is 12.3. The molecule has 0 spiro atoms. The Labute approximate surface area is 383 Å². The van der Waals surface area contributed by atoms with Crippen molar-refractivity contribution in [3.05, 3.63) is 146 Å². The van der Waals surface area contributed by atoms with Crippen molar-refractivity contribution in [1.29, 1.82) is 0 Å². The van der Waals surface area contributed by atoms with Crippen LogP contribution in [0.1, 0.15) is 160 Å². The molecule has 1 N–H and O–H groups in total. The number of carbonyl (C=O) groups excluding carboxylic acids is 4. The highest BCUT2D eigenvalue weighted by Gasteiger charge is 2.51. The number of imide groups is 2. The summed E-state index contributed by atoms with van der Waals surface area (Å²) in [4.78, 5) is 56.7. The summed E-state index contributed by atoms with van der Waals surface area (Å²) in [5.41, 5.74) is 15.3. The molecule has 10 rings (SSSR count). The van der Waals surface area contributed by atoms with E-state index < -0.39 is 0 Å². The predicted octanol–water partition coefficient (Wildman–Crippen LogP) is 11.0. The Kier molecular flexibility index (Phi) is 9.89. The first-order chi connectivity index (χ1) is 30.3. The molecule has 1 aromatic heterocycles. The van der Waals surface area contributed by atoms with Crippen LogP contribution in [0, 0.1) is 13.8 Å². The summed E-state index contributed by atoms with van der Waals surface area (Å²) in [6.07, 6.45) is 15.6. The largest absolute Gasteiger partial charge is 0.329 e. The van der Waals surface area contributed by atoms with E-state index in [-0.39, 0.29) is 74.4 Å². The molecule has 2 saturated carbocycles. The summed E-state index contributed by atoms with van der Waals surface area (Å²) in [5.74, 6) is -0.0719. The molecule has 4 aromatic rings. The van der Waals surface area contributed by atoms with Crippen LogP contribution in [0.5, 0.6) is 0 Å². The van der Waals surface area contributed by atoms with Crippen LogP contribution in [0.2, 0.25) is 0 Å². The van der Waals surface area contributed by atoms with Gasteiger partial charge < -0.3 is 5.32 Å². The molecule has 3 heterocycles. The Morgan fingerprint density at radius 3 is 1.88 bits per heavy atom. The number of carbonyl (C=O) groups is 4. The molecule has 3 aromatic carbocycles. The zero-order valence-corrected chi connectivity index (χ0v) is 39.7. The number of thioether (sulfide) groups is 1. The molecule has 4 fully saturated rings. The fraction of sp³-hybridized carbons (Fsp3) is 0.473. The average molecular weight is 875 g/mol. The van der Waals surface area contributed by atoms with Crippen LogP contribution in [0.4, 0.5) is 9.59 Å². The van der Waals surface area contributed by atoms with E-state index in [1.165, 1.54) is 59.9 Å². The second kappa shape index (κ2) is 14.7. The lowest BCUT2D eigenvalue weighted by molar-refractivity contribution is -0.126.